The molecule has 0 aromatic carbocycles. The van der Waals surface area contributed by atoms with Crippen LogP contribution in [0.5, 0.6) is 0 Å². The minimum atomic E-state index is -0.133. The van der Waals surface area contributed by atoms with Gasteiger partial charge in [0.05, 0.1) is 18.1 Å². The highest BCUT2D eigenvalue weighted by molar-refractivity contribution is 5.90. The number of hydrogen-bond donors (Lipinski definition) is 1. The lowest BCUT2D eigenvalue weighted by Crippen LogP contribution is -2.71. The molecule has 5 heteroatoms. The molecule has 108 valence electrons. The SMILES string of the molecule is CC1(C)CN(C(=O)Nc2cnc(C3CC3)nc2)C1(C)C. The van der Waals surface area contributed by atoms with Crippen molar-refractivity contribution in [2.24, 2.45) is 5.41 Å². The molecule has 1 saturated carbocycles. The van der Waals surface area contributed by atoms with Gasteiger partial charge in [0.2, 0.25) is 0 Å². The lowest BCUT2D eigenvalue weighted by molar-refractivity contribution is -0.0770. The molecule has 1 N–H and O–H groups in total. The minimum absolute atomic E-state index is 0.0721. The number of rotatable bonds is 2. The van der Waals surface area contributed by atoms with Crippen LogP contribution in [0.25, 0.3) is 0 Å². The number of anilines is 1. The second-order valence-electron chi connectivity index (χ2n) is 7.06. The van der Waals surface area contributed by atoms with Gasteiger partial charge in [0.15, 0.2) is 0 Å². The van der Waals surface area contributed by atoms with E-state index >= 15 is 0 Å². The first-order valence-electron chi connectivity index (χ1n) is 7.22. The number of nitrogens with one attached hydrogen (secondary N) is 1. The number of hydrogen-bond acceptors (Lipinski definition) is 3. The highest BCUT2D eigenvalue weighted by Gasteiger charge is 2.54. The molecule has 1 aromatic rings. The number of aromatic nitrogens is 2. The predicted molar refractivity (Wildman–Crippen MR) is 77.6 cm³/mol. The summed E-state index contributed by atoms with van der Waals surface area (Å²) in [7, 11) is 0. The smallest absolute Gasteiger partial charge is 0.318 e. The van der Waals surface area contributed by atoms with Gasteiger partial charge in [-0.3, -0.25) is 0 Å². The molecule has 0 radical (unpaired) electrons. The zero-order valence-corrected chi connectivity index (χ0v) is 12.6. The van der Waals surface area contributed by atoms with E-state index in [0.717, 1.165) is 12.4 Å². The van der Waals surface area contributed by atoms with Gasteiger partial charge in [0, 0.05) is 23.4 Å². The van der Waals surface area contributed by atoms with E-state index in [1.807, 2.05) is 4.90 Å². The first kappa shape index (κ1) is 13.3. The average molecular weight is 274 g/mol. The topological polar surface area (TPSA) is 58.1 Å². The van der Waals surface area contributed by atoms with Crippen molar-refractivity contribution in [3.8, 4) is 0 Å². The van der Waals surface area contributed by atoms with Crippen LogP contribution in [0.1, 0.15) is 52.3 Å². The number of amides is 2. The molecule has 2 heterocycles. The Morgan fingerprint density at radius 2 is 1.85 bits per heavy atom. The Labute approximate surface area is 119 Å². The van der Waals surface area contributed by atoms with Gasteiger partial charge in [0.25, 0.3) is 0 Å². The van der Waals surface area contributed by atoms with Crippen LogP contribution in [0, 0.1) is 5.41 Å². The van der Waals surface area contributed by atoms with E-state index < -0.39 is 0 Å². The average Bonchev–Trinajstić information content (AvgIpc) is 3.21. The largest absolute Gasteiger partial charge is 0.322 e. The molecule has 0 unspecified atom stereocenters. The predicted octanol–water partition coefficient (Wildman–Crippen LogP) is 3.01. The molecule has 1 aliphatic carbocycles. The van der Waals surface area contributed by atoms with Crippen LogP contribution in [-0.4, -0.2) is 33.0 Å². The second-order valence-corrected chi connectivity index (χ2v) is 7.06. The van der Waals surface area contributed by atoms with Gasteiger partial charge < -0.3 is 10.2 Å². The monoisotopic (exact) mass is 274 g/mol. The first-order valence-corrected chi connectivity index (χ1v) is 7.22. The molecule has 2 fully saturated rings. The summed E-state index contributed by atoms with van der Waals surface area (Å²) in [6, 6.07) is -0.0721. The fourth-order valence-corrected chi connectivity index (χ4v) is 2.53. The Morgan fingerprint density at radius 3 is 2.30 bits per heavy atom. The van der Waals surface area contributed by atoms with Gasteiger partial charge in [0.1, 0.15) is 5.82 Å². The quantitative estimate of drug-likeness (QED) is 0.902. The Morgan fingerprint density at radius 1 is 1.25 bits per heavy atom. The Hall–Kier alpha value is -1.65. The third kappa shape index (κ3) is 2.05. The van der Waals surface area contributed by atoms with Gasteiger partial charge >= 0.3 is 6.03 Å². The summed E-state index contributed by atoms with van der Waals surface area (Å²) < 4.78 is 0. The summed E-state index contributed by atoms with van der Waals surface area (Å²) in [5.74, 6) is 1.43. The number of nitrogens with zero attached hydrogens (tertiary/aromatic N) is 3. The van der Waals surface area contributed by atoms with Gasteiger partial charge in [-0.15, -0.1) is 0 Å². The molecule has 2 aliphatic rings. The zero-order chi connectivity index (χ0) is 14.5. The maximum Gasteiger partial charge on any atom is 0.322 e. The van der Waals surface area contributed by atoms with Crippen molar-refractivity contribution in [2.45, 2.75) is 52.0 Å². The third-order valence-corrected chi connectivity index (χ3v) is 5.00. The summed E-state index contributed by atoms with van der Waals surface area (Å²) in [5, 5.41) is 2.89. The van der Waals surface area contributed by atoms with Crippen molar-refractivity contribution in [3.05, 3.63) is 18.2 Å². The molecule has 3 rings (SSSR count). The molecule has 1 aromatic heterocycles. The standard InChI is InChI=1S/C15H22N4O/c1-14(2)9-19(15(14,3)4)13(20)18-11-7-16-12(17-8-11)10-5-6-10/h7-8,10H,5-6,9H2,1-4H3,(H,18,20). The second kappa shape index (κ2) is 4.17. The lowest BCUT2D eigenvalue weighted by Gasteiger charge is -2.60. The van der Waals surface area contributed by atoms with Crippen molar-refractivity contribution in [2.75, 3.05) is 11.9 Å². The molecular formula is C15H22N4O. The summed E-state index contributed by atoms with van der Waals surface area (Å²) in [6.07, 6.45) is 5.78. The number of carbonyl (C=O) groups excluding carboxylic acids is 1. The van der Waals surface area contributed by atoms with Gasteiger partial charge in [-0.25, -0.2) is 14.8 Å². The van der Waals surface area contributed by atoms with Crippen molar-refractivity contribution < 1.29 is 4.79 Å². The van der Waals surface area contributed by atoms with Crippen molar-refractivity contribution in [1.82, 2.24) is 14.9 Å². The maximum atomic E-state index is 12.3. The summed E-state index contributed by atoms with van der Waals surface area (Å²) in [4.78, 5) is 22.8. The van der Waals surface area contributed by atoms with Crippen LogP contribution in [0.15, 0.2) is 12.4 Å². The molecule has 1 saturated heterocycles. The van der Waals surface area contributed by atoms with E-state index in [1.54, 1.807) is 12.4 Å². The van der Waals surface area contributed by atoms with Crippen molar-refractivity contribution >= 4 is 11.7 Å². The molecule has 20 heavy (non-hydrogen) atoms. The van der Waals surface area contributed by atoms with Gasteiger partial charge in [-0.2, -0.15) is 0 Å². The fourth-order valence-electron chi connectivity index (χ4n) is 2.53. The molecule has 2 amide bonds. The summed E-state index contributed by atoms with van der Waals surface area (Å²) in [6.45, 7) is 9.34. The van der Waals surface area contributed by atoms with Crippen LogP contribution < -0.4 is 5.32 Å². The molecule has 0 bridgehead atoms. The Balaban J connectivity index is 1.64. The maximum absolute atomic E-state index is 12.3. The Bertz CT molecular complexity index is 531. The van der Waals surface area contributed by atoms with Crippen LogP contribution in [0.2, 0.25) is 0 Å². The normalized spacial score (nSPS) is 23.1. The molecule has 5 nitrogen and oxygen atoms in total. The van der Waals surface area contributed by atoms with E-state index in [9.17, 15) is 4.79 Å². The number of carbonyl (C=O) groups is 1. The van der Waals surface area contributed by atoms with Crippen LogP contribution in [0.3, 0.4) is 0 Å². The van der Waals surface area contributed by atoms with E-state index in [2.05, 4.69) is 43.0 Å². The van der Waals surface area contributed by atoms with Gasteiger partial charge in [-0.1, -0.05) is 13.8 Å². The molecule has 0 atom stereocenters. The van der Waals surface area contributed by atoms with E-state index in [4.69, 9.17) is 0 Å². The summed E-state index contributed by atoms with van der Waals surface area (Å²) in [5.41, 5.74) is 0.683. The molecule has 1 aliphatic heterocycles. The van der Waals surface area contributed by atoms with Crippen molar-refractivity contribution in [1.29, 1.82) is 0 Å². The zero-order valence-electron chi connectivity index (χ0n) is 12.6. The van der Waals surface area contributed by atoms with Gasteiger partial charge in [-0.05, 0) is 26.7 Å². The number of urea groups is 1. The minimum Gasteiger partial charge on any atom is -0.318 e. The highest BCUT2D eigenvalue weighted by Crippen LogP contribution is 2.46. The van der Waals surface area contributed by atoms with Crippen LogP contribution in [-0.2, 0) is 0 Å². The Kier molecular flexibility index (Phi) is 2.78. The van der Waals surface area contributed by atoms with E-state index in [-0.39, 0.29) is 17.0 Å². The van der Waals surface area contributed by atoms with Crippen LogP contribution in [0.4, 0.5) is 10.5 Å². The first-order chi connectivity index (χ1) is 9.31. The third-order valence-electron chi connectivity index (χ3n) is 5.00. The van der Waals surface area contributed by atoms with E-state index in [1.165, 1.54) is 12.8 Å². The number of likely N-dealkylation sites (tertiary alicyclic amines) is 1. The molecule has 0 spiro atoms. The van der Waals surface area contributed by atoms with Crippen LogP contribution >= 0.6 is 0 Å². The highest BCUT2D eigenvalue weighted by atomic mass is 16.2. The molecular weight excluding hydrogens is 252 g/mol. The van der Waals surface area contributed by atoms with Crippen molar-refractivity contribution in [3.63, 3.8) is 0 Å². The van der Waals surface area contributed by atoms with E-state index in [0.29, 0.717) is 11.6 Å². The fraction of sp³-hybridized carbons (Fsp3) is 0.667. The summed E-state index contributed by atoms with van der Waals surface area (Å²) >= 11 is 0. The lowest BCUT2D eigenvalue weighted by atomic mass is 9.65.